The van der Waals surface area contributed by atoms with Gasteiger partial charge in [-0.05, 0) is 19.1 Å². The molecule has 2 rings (SSSR count). The largest absolute Gasteiger partial charge is 0.484 e. The summed E-state index contributed by atoms with van der Waals surface area (Å²) < 4.78 is 15.5. The van der Waals surface area contributed by atoms with E-state index >= 15 is 0 Å². The number of amides is 2. The maximum atomic E-state index is 12.1. The van der Waals surface area contributed by atoms with Crippen molar-refractivity contribution < 1.29 is 28.6 Å². The van der Waals surface area contributed by atoms with Crippen LogP contribution in [0, 0.1) is 0 Å². The summed E-state index contributed by atoms with van der Waals surface area (Å²) in [4.78, 5) is 37.1. The van der Waals surface area contributed by atoms with Crippen molar-refractivity contribution in [3.05, 3.63) is 30.3 Å². The molecule has 1 fully saturated rings. The van der Waals surface area contributed by atoms with Gasteiger partial charge in [-0.15, -0.1) is 0 Å². The number of carbonyl (C=O) groups excluding carboxylic acids is 3. The number of esters is 1. The maximum Gasteiger partial charge on any atom is 0.326 e. The second kappa shape index (κ2) is 9.63. The van der Waals surface area contributed by atoms with E-state index in [-0.39, 0.29) is 19.1 Å². The van der Waals surface area contributed by atoms with Gasteiger partial charge >= 0.3 is 5.97 Å². The van der Waals surface area contributed by atoms with Crippen LogP contribution in [0.2, 0.25) is 0 Å². The number of para-hydroxylation sites is 1. The average molecular weight is 350 g/mol. The van der Waals surface area contributed by atoms with E-state index in [9.17, 15) is 14.4 Å². The number of ether oxygens (including phenoxy) is 3. The molecule has 0 aromatic heterocycles. The Hall–Kier alpha value is -2.61. The van der Waals surface area contributed by atoms with Crippen molar-refractivity contribution in [1.29, 1.82) is 0 Å². The first-order chi connectivity index (χ1) is 12.1. The second-order valence-corrected chi connectivity index (χ2v) is 5.45. The first-order valence-electron chi connectivity index (χ1n) is 8.07. The topological polar surface area (TPSA) is 94.2 Å². The van der Waals surface area contributed by atoms with Crippen LogP contribution < -0.4 is 10.1 Å². The summed E-state index contributed by atoms with van der Waals surface area (Å²) in [6.45, 7) is 2.89. The Kier molecular flexibility index (Phi) is 7.21. The molecule has 1 aliphatic heterocycles. The molecule has 1 unspecified atom stereocenters. The number of nitrogens with one attached hydrogen (secondary N) is 1. The zero-order valence-corrected chi connectivity index (χ0v) is 14.1. The van der Waals surface area contributed by atoms with Gasteiger partial charge in [0.05, 0.1) is 13.2 Å². The maximum absolute atomic E-state index is 12.1. The van der Waals surface area contributed by atoms with Crippen LogP contribution in [0.25, 0.3) is 0 Å². The van der Waals surface area contributed by atoms with E-state index in [1.807, 2.05) is 6.07 Å². The van der Waals surface area contributed by atoms with Crippen LogP contribution in [-0.4, -0.2) is 68.2 Å². The zero-order chi connectivity index (χ0) is 18.1. The van der Waals surface area contributed by atoms with Crippen LogP contribution in [-0.2, 0) is 23.9 Å². The molecule has 2 amide bonds. The molecule has 0 saturated carbocycles. The first kappa shape index (κ1) is 18.7. The van der Waals surface area contributed by atoms with Crippen molar-refractivity contribution in [2.45, 2.75) is 13.0 Å². The van der Waals surface area contributed by atoms with Crippen molar-refractivity contribution in [3.63, 3.8) is 0 Å². The fourth-order valence-electron chi connectivity index (χ4n) is 2.22. The molecule has 1 aromatic carbocycles. The van der Waals surface area contributed by atoms with E-state index in [0.717, 1.165) is 0 Å². The highest BCUT2D eigenvalue weighted by Crippen LogP contribution is 2.07. The molecule has 8 nitrogen and oxygen atoms in total. The predicted molar refractivity (Wildman–Crippen MR) is 87.9 cm³/mol. The van der Waals surface area contributed by atoms with Crippen LogP contribution in [0.1, 0.15) is 6.92 Å². The molecule has 1 atom stereocenters. The molecule has 0 aliphatic carbocycles. The van der Waals surface area contributed by atoms with Crippen molar-refractivity contribution in [1.82, 2.24) is 10.2 Å². The Bertz CT molecular complexity index is 586. The van der Waals surface area contributed by atoms with Gasteiger partial charge in [-0.25, -0.2) is 0 Å². The number of morpholine rings is 1. The third kappa shape index (κ3) is 6.42. The third-order valence-electron chi connectivity index (χ3n) is 3.52. The normalized spacial score (nSPS) is 15.2. The summed E-state index contributed by atoms with van der Waals surface area (Å²) in [5.41, 5.74) is 0. The smallest absolute Gasteiger partial charge is 0.326 e. The van der Waals surface area contributed by atoms with E-state index in [1.54, 1.807) is 29.2 Å². The molecule has 0 spiro atoms. The fraction of sp³-hybridized carbons (Fsp3) is 0.471. The predicted octanol–water partition coefficient (Wildman–Crippen LogP) is -0.0279. The van der Waals surface area contributed by atoms with E-state index in [4.69, 9.17) is 14.2 Å². The lowest BCUT2D eigenvalue weighted by Crippen LogP contribution is -2.46. The SMILES string of the molecule is CC(OC(=O)CNC(=O)COc1ccccc1)C(=O)N1CCOCC1. The van der Waals surface area contributed by atoms with Crippen molar-refractivity contribution in [2.75, 3.05) is 39.5 Å². The number of hydrogen-bond acceptors (Lipinski definition) is 6. The molecule has 1 N–H and O–H groups in total. The van der Waals surface area contributed by atoms with Gasteiger partial charge < -0.3 is 24.4 Å². The summed E-state index contributed by atoms with van der Waals surface area (Å²) in [5, 5.41) is 2.39. The highest BCUT2D eigenvalue weighted by atomic mass is 16.5. The second-order valence-electron chi connectivity index (χ2n) is 5.45. The number of rotatable bonds is 7. The molecule has 1 aromatic rings. The zero-order valence-electron chi connectivity index (χ0n) is 14.1. The first-order valence-corrected chi connectivity index (χ1v) is 8.07. The van der Waals surface area contributed by atoms with Crippen LogP contribution in [0.3, 0.4) is 0 Å². The van der Waals surface area contributed by atoms with Crippen LogP contribution in [0.15, 0.2) is 30.3 Å². The Balaban J connectivity index is 1.65. The molecule has 8 heteroatoms. The molecular weight excluding hydrogens is 328 g/mol. The minimum atomic E-state index is -0.900. The molecule has 136 valence electrons. The summed E-state index contributed by atoms with van der Waals surface area (Å²) in [7, 11) is 0. The van der Waals surface area contributed by atoms with Gasteiger partial charge in [-0.2, -0.15) is 0 Å². The molecule has 1 aliphatic rings. The Morgan fingerprint density at radius 3 is 2.56 bits per heavy atom. The summed E-state index contributed by atoms with van der Waals surface area (Å²) >= 11 is 0. The lowest BCUT2D eigenvalue weighted by Gasteiger charge is -2.28. The summed E-state index contributed by atoms with van der Waals surface area (Å²) in [6.07, 6.45) is -0.900. The van der Waals surface area contributed by atoms with Gasteiger partial charge in [0.15, 0.2) is 12.7 Å². The minimum Gasteiger partial charge on any atom is -0.484 e. The van der Waals surface area contributed by atoms with Gasteiger partial charge in [-0.3, -0.25) is 14.4 Å². The summed E-state index contributed by atoms with van der Waals surface area (Å²) in [6, 6.07) is 8.86. The Morgan fingerprint density at radius 2 is 1.88 bits per heavy atom. The summed E-state index contributed by atoms with van der Waals surface area (Å²) in [5.74, 6) is -0.838. The van der Waals surface area contributed by atoms with Crippen LogP contribution in [0.5, 0.6) is 5.75 Å². The standard InChI is InChI=1S/C17H22N2O6/c1-13(17(22)19-7-9-23-10-8-19)25-16(21)11-18-15(20)12-24-14-5-3-2-4-6-14/h2-6,13H,7-12H2,1H3,(H,18,20). The molecule has 0 radical (unpaired) electrons. The van der Waals surface area contributed by atoms with Gasteiger partial charge in [0.25, 0.3) is 11.8 Å². The van der Waals surface area contributed by atoms with E-state index in [1.165, 1.54) is 6.92 Å². The van der Waals surface area contributed by atoms with Crippen molar-refractivity contribution >= 4 is 17.8 Å². The highest BCUT2D eigenvalue weighted by Gasteiger charge is 2.25. The number of nitrogens with zero attached hydrogens (tertiary/aromatic N) is 1. The van der Waals surface area contributed by atoms with Crippen molar-refractivity contribution in [2.24, 2.45) is 0 Å². The van der Waals surface area contributed by atoms with E-state index < -0.39 is 18.0 Å². The lowest BCUT2D eigenvalue weighted by atomic mass is 10.3. The van der Waals surface area contributed by atoms with Crippen LogP contribution >= 0.6 is 0 Å². The molecule has 1 saturated heterocycles. The number of hydrogen-bond donors (Lipinski definition) is 1. The number of benzene rings is 1. The molecule has 25 heavy (non-hydrogen) atoms. The molecular formula is C17H22N2O6. The number of carbonyl (C=O) groups is 3. The van der Waals surface area contributed by atoms with Gasteiger partial charge in [0, 0.05) is 13.1 Å². The van der Waals surface area contributed by atoms with Gasteiger partial charge in [0.2, 0.25) is 0 Å². The average Bonchev–Trinajstić information content (AvgIpc) is 2.65. The van der Waals surface area contributed by atoms with Gasteiger partial charge in [-0.1, -0.05) is 18.2 Å². The molecule has 1 heterocycles. The van der Waals surface area contributed by atoms with Crippen LogP contribution in [0.4, 0.5) is 0 Å². The highest BCUT2D eigenvalue weighted by molar-refractivity contribution is 5.86. The minimum absolute atomic E-state index is 0.209. The van der Waals surface area contributed by atoms with E-state index in [0.29, 0.717) is 32.1 Å². The monoisotopic (exact) mass is 350 g/mol. The Labute approximate surface area is 146 Å². The molecule has 0 bridgehead atoms. The Morgan fingerprint density at radius 1 is 1.20 bits per heavy atom. The van der Waals surface area contributed by atoms with E-state index in [2.05, 4.69) is 5.32 Å². The quantitative estimate of drug-likeness (QED) is 0.694. The van der Waals surface area contributed by atoms with Gasteiger partial charge in [0.1, 0.15) is 12.3 Å². The third-order valence-corrected chi connectivity index (χ3v) is 3.52. The lowest BCUT2D eigenvalue weighted by molar-refractivity contribution is -0.160. The fourth-order valence-corrected chi connectivity index (χ4v) is 2.22. The van der Waals surface area contributed by atoms with Crippen molar-refractivity contribution in [3.8, 4) is 5.75 Å².